The zero-order valence-corrected chi connectivity index (χ0v) is 13.5. The molecule has 0 saturated carbocycles. The van der Waals surface area contributed by atoms with Crippen molar-refractivity contribution < 1.29 is 0 Å². The molecule has 2 atom stereocenters. The van der Waals surface area contributed by atoms with Gasteiger partial charge in [0.15, 0.2) is 0 Å². The lowest BCUT2D eigenvalue weighted by Gasteiger charge is -2.32. The quantitative estimate of drug-likeness (QED) is 0.743. The summed E-state index contributed by atoms with van der Waals surface area (Å²) in [6.45, 7) is 13.8. The summed E-state index contributed by atoms with van der Waals surface area (Å²) in [7, 11) is 0. The van der Waals surface area contributed by atoms with Crippen LogP contribution in [0, 0.1) is 11.3 Å². The third-order valence-electron chi connectivity index (χ3n) is 3.68. The van der Waals surface area contributed by atoms with E-state index in [2.05, 4.69) is 77.2 Å². The van der Waals surface area contributed by atoms with Gasteiger partial charge in [0.05, 0.1) is 0 Å². The number of rotatable bonds is 6. The summed E-state index contributed by atoms with van der Waals surface area (Å²) >= 11 is 0. The molecule has 19 heavy (non-hydrogen) atoms. The van der Waals surface area contributed by atoms with Gasteiger partial charge in [0.2, 0.25) is 0 Å². The van der Waals surface area contributed by atoms with Crippen molar-refractivity contribution in [2.75, 3.05) is 0 Å². The summed E-state index contributed by atoms with van der Waals surface area (Å²) in [4.78, 5) is 0. The SMILES string of the molecule is CCC(NC(CC(C)(C)C)c1ccccc1)C(C)C. The highest BCUT2D eigenvalue weighted by Gasteiger charge is 2.23. The fraction of sp³-hybridized carbons (Fsp3) is 0.667. The van der Waals surface area contributed by atoms with Crippen LogP contribution in [0.2, 0.25) is 0 Å². The monoisotopic (exact) mass is 261 g/mol. The van der Waals surface area contributed by atoms with E-state index >= 15 is 0 Å². The zero-order valence-electron chi connectivity index (χ0n) is 13.5. The van der Waals surface area contributed by atoms with Crippen molar-refractivity contribution in [1.29, 1.82) is 0 Å². The Bertz CT molecular complexity index is 348. The second-order valence-electron chi connectivity index (χ2n) is 7.15. The topological polar surface area (TPSA) is 12.0 Å². The van der Waals surface area contributed by atoms with E-state index in [1.807, 2.05) is 0 Å². The molecule has 1 N–H and O–H groups in total. The minimum atomic E-state index is 0.336. The number of hydrogen-bond acceptors (Lipinski definition) is 1. The molecule has 1 aromatic rings. The molecule has 0 amide bonds. The van der Waals surface area contributed by atoms with Gasteiger partial charge in [-0.1, -0.05) is 71.9 Å². The summed E-state index contributed by atoms with van der Waals surface area (Å²) in [6.07, 6.45) is 2.35. The lowest BCUT2D eigenvalue weighted by molar-refractivity contribution is 0.267. The molecular formula is C18H31N. The fourth-order valence-electron chi connectivity index (χ4n) is 2.61. The third-order valence-corrected chi connectivity index (χ3v) is 3.68. The van der Waals surface area contributed by atoms with E-state index in [4.69, 9.17) is 0 Å². The van der Waals surface area contributed by atoms with Crippen molar-refractivity contribution >= 4 is 0 Å². The van der Waals surface area contributed by atoms with Gasteiger partial charge in [-0.2, -0.15) is 0 Å². The van der Waals surface area contributed by atoms with E-state index in [9.17, 15) is 0 Å². The van der Waals surface area contributed by atoms with Crippen LogP contribution in [-0.2, 0) is 0 Å². The van der Waals surface area contributed by atoms with Gasteiger partial charge in [-0.15, -0.1) is 0 Å². The Morgan fingerprint density at radius 2 is 1.63 bits per heavy atom. The Kier molecular flexibility index (Phi) is 6.06. The first kappa shape index (κ1) is 16.2. The summed E-state index contributed by atoms with van der Waals surface area (Å²) in [5, 5.41) is 3.88. The smallest absolute Gasteiger partial charge is 0.0327 e. The van der Waals surface area contributed by atoms with E-state index in [0.29, 0.717) is 23.4 Å². The van der Waals surface area contributed by atoms with Crippen LogP contribution in [0.3, 0.4) is 0 Å². The average molecular weight is 261 g/mol. The van der Waals surface area contributed by atoms with Crippen molar-refractivity contribution in [3.8, 4) is 0 Å². The van der Waals surface area contributed by atoms with Crippen molar-refractivity contribution in [1.82, 2.24) is 5.32 Å². The molecule has 0 aliphatic rings. The van der Waals surface area contributed by atoms with E-state index < -0.39 is 0 Å². The summed E-state index contributed by atoms with van der Waals surface area (Å²) in [5.74, 6) is 0.677. The molecule has 0 aromatic heterocycles. The summed E-state index contributed by atoms with van der Waals surface area (Å²) in [5.41, 5.74) is 1.75. The van der Waals surface area contributed by atoms with Crippen molar-refractivity contribution in [2.45, 2.75) is 66.5 Å². The molecule has 0 aliphatic heterocycles. The normalized spacial score (nSPS) is 15.5. The maximum atomic E-state index is 3.88. The van der Waals surface area contributed by atoms with Gasteiger partial charge >= 0.3 is 0 Å². The molecule has 0 heterocycles. The molecule has 1 heteroatoms. The van der Waals surface area contributed by atoms with E-state index in [1.54, 1.807) is 0 Å². The molecule has 0 spiro atoms. The van der Waals surface area contributed by atoms with Gasteiger partial charge in [0, 0.05) is 12.1 Å². The standard InChI is InChI=1S/C18H31N/c1-7-16(14(2)3)19-17(13-18(4,5)6)15-11-9-8-10-12-15/h8-12,14,16-17,19H,7,13H2,1-6H3. The summed E-state index contributed by atoms with van der Waals surface area (Å²) < 4.78 is 0. The highest BCUT2D eigenvalue weighted by molar-refractivity contribution is 5.19. The van der Waals surface area contributed by atoms with E-state index in [0.717, 1.165) is 0 Å². The molecule has 108 valence electrons. The third kappa shape index (κ3) is 5.78. The van der Waals surface area contributed by atoms with Gasteiger partial charge in [-0.3, -0.25) is 0 Å². The highest BCUT2D eigenvalue weighted by Crippen LogP contribution is 2.30. The summed E-state index contributed by atoms with van der Waals surface area (Å²) in [6, 6.07) is 11.9. The lowest BCUT2D eigenvalue weighted by Crippen LogP contribution is -2.37. The van der Waals surface area contributed by atoms with Gasteiger partial charge in [-0.25, -0.2) is 0 Å². The van der Waals surface area contributed by atoms with Crippen LogP contribution < -0.4 is 5.32 Å². The number of nitrogens with one attached hydrogen (secondary N) is 1. The van der Waals surface area contributed by atoms with Crippen molar-refractivity contribution in [3.63, 3.8) is 0 Å². The molecule has 0 saturated heterocycles. The van der Waals surface area contributed by atoms with Gasteiger partial charge in [0.1, 0.15) is 0 Å². The molecule has 0 aliphatic carbocycles. The lowest BCUT2D eigenvalue weighted by atomic mass is 9.84. The Balaban J connectivity index is 2.87. The first-order valence-corrected chi connectivity index (χ1v) is 7.64. The number of benzene rings is 1. The Morgan fingerprint density at radius 1 is 1.05 bits per heavy atom. The second kappa shape index (κ2) is 7.09. The molecule has 1 rings (SSSR count). The van der Waals surface area contributed by atoms with Crippen LogP contribution in [0.4, 0.5) is 0 Å². The van der Waals surface area contributed by atoms with Crippen LogP contribution in [0.15, 0.2) is 30.3 Å². The van der Waals surface area contributed by atoms with Crippen molar-refractivity contribution in [2.24, 2.45) is 11.3 Å². The Morgan fingerprint density at radius 3 is 2.05 bits per heavy atom. The van der Waals surface area contributed by atoms with Gasteiger partial charge in [0.25, 0.3) is 0 Å². The van der Waals surface area contributed by atoms with Gasteiger partial charge < -0.3 is 5.32 Å². The van der Waals surface area contributed by atoms with Gasteiger partial charge in [-0.05, 0) is 29.7 Å². The van der Waals surface area contributed by atoms with E-state index in [1.165, 1.54) is 18.4 Å². The van der Waals surface area contributed by atoms with Crippen LogP contribution in [0.5, 0.6) is 0 Å². The average Bonchev–Trinajstić information content (AvgIpc) is 2.33. The minimum Gasteiger partial charge on any atom is -0.307 e. The number of hydrogen-bond donors (Lipinski definition) is 1. The molecular weight excluding hydrogens is 230 g/mol. The maximum Gasteiger partial charge on any atom is 0.0327 e. The van der Waals surface area contributed by atoms with Crippen LogP contribution in [0.1, 0.15) is 66.0 Å². The molecule has 1 aromatic carbocycles. The fourth-order valence-corrected chi connectivity index (χ4v) is 2.61. The second-order valence-corrected chi connectivity index (χ2v) is 7.15. The molecule has 0 fully saturated rings. The van der Waals surface area contributed by atoms with Crippen LogP contribution in [0.25, 0.3) is 0 Å². The minimum absolute atomic E-state index is 0.336. The molecule has 0 radical (unpaired) electrons. The van der Waals surface area contributed by atoms with Crippen LogP contribution in [-0.4, -0.2) is 6.04 Å². The highest BCUT2D eigenvalue weighted by atomic mass is 15.0. The largest absolute Gasteiger partial charge is 0.307 e. The molecule has 1 nitrogen and oxygen atoms in total. The van der Waals surface area contributed by atoms with Crippen LogP contribution >= 0.6 is 0 Å². The van der Waals surface area contributed by atoms with Crippen molar-refractivity contribution in [3.05, 3.63) is 35.9 Å². The maximum absolute atomic E-state index is 3.88. The predicted molar refractivity (Wildman–Crippen MR) is 85.3 cm³/mol. The zero-order chi connectivity index (χ0) is 14.5. The Labute approximate surface area is 119 Å². The Hall–Kier alpha value is -0.820. The first-order valence-electron chi connectivity index (χ1n) is 7.64. The molecule has 2 unspecified atom stereocenters. The first-order chi connectivity index (χ1) is 8.83. The van der Waals surface area contributed by atoms with E-state index in [-0.39, 0.29) is 0 Å². The predicted octanol–water partition coefficient (Wildman–Crippen LogP) is 5.19. The molecule has 0 bridgehead atoms.